The van der Waals surface area contributed by atoms with Gasteiger partial charge in [-0.25, -0.2) is 0 Å². The fourth-order valence-corrected chi connectivity index (χ4v) is 4.67. The monoisotopic (exact) mass is 387 g/mol. The molecule has 1 fully saturated rings. The van der Waals surface area contributed by atoms with Crippen molar-refractivity contribution >= 4 is 10.1 Å². The fourth-order valence-electron chi connectivity index (χ4n) is 4.14. The number of hydrogen-bond acceptors (Lipinski definition) is 3. The standard InChI is InChI=1S/C22H29NO3S/c1-16-12-13-21(27(24,25)26)15-20(16)14-19-10-6-7-11-22(19)23-17(2)18-8-4-3-5-9-18/h3-5,8-9,12-13,15,17,19,22-23H,6-7,10-11,14H2,1-2H3,(H,24,25,26)/t17-,19-,22-/m1/s1. The number of rotatable bonds is 6. The summed E-state index contributed by atoms with van der Waals surface area (Å²) in [6.07, 6.45) is 5.53. The van der Waals surface area contributed by atoms with Crippen molar-refractivity contribution in [3.05, 3.63) is 65.2 Å². The van der Waals surface area contributed by atoms with Crippen LogP contribution in [0.2, 0.25) is 0 Å². The van der Waals surface area contributed by atoms with Crippen molar-refractivity contribution in [2.45, 2.75) is 62.9 Å². The molecule has 1 aliphatic rings. The van der Waals surface area contributed by atoms with Gasteiger partial charge in [-0.1, -0.05) is 49.2 Å². The van der Waals surface area contributed by atoms with Crippen molar-refractivity contribution in [3.63, 3.8) is 0 Å². The molecule has 0 saturated heterocycles. The van der Waals surface area contributed by atoms with E-state index in [-0.39, 0.29) is 10.9 Å². The molecule has 0 heterocycles. The molecule has 0 spiro atoms. The summed E-state index contributed by atoms with van der Waals surface area (Å²) in [7, 11) is -4.17. The zero-order chi connectivity index (χ0) is 19.4. The number of nitrogens with one attached hydrogen (secondary N) is 1. The van der Waals surface area contributed by atoms with Crippen LogP contribution in [-0.4, -0.2) is 19.0 Å². The predicted molar refractivity (Wildman–Crippen MR) is 108 cm³/mol. The average Bonchev–Trinajstić information content (AvgIpc) is 2.65. The van der Waals surface area contributed by atoms with E-state index in [4.69, 9.17) is 0 Å². The van der Waals surface area contributed by atoms with Crippen molar-refractivity contribution in [1.29, 1.82) is 0 Å². The summed E-state index contributed by atoms with van der Waals surface area (Å²) >= 11 is 0. The fraction of sp³-hybridized carbons (Fsp3) is 0.455. The van der Waals surface area contributed by atoms with E-state index < -0.39 is 10.1 Å². The number of aryl methyl sites for hydroxylation is 1. The first-order valence-electron chi connectivity index (χ1n) is 9.72. The molecule has 0 aliphatic heterocycles. The summed E-state index contributed by atoms with van der Waals surface area (Å²) in [5, 5.41) is 3.80. The van der Waals surface area contributed by atoms with Crippen LogP contribution in [0.1, 0.15) is 55.3 Å². The van der Waals surface area contributed by atoms with Gasteiger partial charge < -0.3 is 5.32 Å². The predicted octanol–water partition coefficient (Wildman–Crippen LogP) is 4.69. The topological polar surface area (TPSA) is 66.4 Å². The molecule has 146 valence electrons. The molecule has 0 bridgehead atoms. The molecule has 0 unspecified atom stereocenters. The Morgan fingerprint density at radius 3 is 2.52 bits per heavy atom. The molecule has 27 heavy (non-hydrogen) atoms. The number of benzene rings is 2. The van der Waals surface area contributed by atoms with Gasteiger partial charge in [0.05, 0.1) is 4.90 Å². The minimum absolute atomic E-state index is 0.0129. The van der Waals surface area contributed by atoms with Crippen LogP contribution in [-0.2, 0) is 16.5 Å². The lowest BCUT2D eigenvalue weighted by Gasteiger charge is -2.35. The van der Waals surface area contributed by atoms with Crippen LogP contribution in [0.4, 0.5) is 0 Å². The van der Waals surface area contributed by atoms with E-state index in [1.807, 2.05) is 13.0 Å². The summed E-state index contributed by atoms with van der Waals surface area (Å²) < 4.78 is 32.4. The summed E-state index contributed by atoms with van der Waals surface area (Å²) in [5.74, 6) is 0.459. The lowest BCUT2D eigenvalue weighted by molar-refractivity contribution is 0.245. The first kappa shape index (κ1) is 20.1. The zero-order valence-electron chi connectivity index (χ0n) is 16.1. The van der Waals surface area contributed by atoms with Crippen LogP contribution in [0, 0.1) is 12.8 Å². The van der Waals surface area contributed by atoms with Gasteiger partial charge in [0.1, 0.15) is 0 Å². The van der Waals surface area contributed by atoms with Crippen LogP contribution >= 0.6 is 0 Å². The van der Waals surface area contributed by atoms with Gasteiger partial charge in [0.15, 0.2) is 0 Å². The smallest absolute Gasteiger partial charge is 0.294 e. The summed E-state index contributed by atoms with van der Waals surface area (Å²) in [6.45, 7) is 4.20. The lowest BCUT2D eigenvalue weighted by Crippen LogP contribution is -2.40. The van der Waals surface area contributed by atoms with Gasteiger partial charge in [-0.2, -0.15) is 8.42 Å². The number of hydrogen-bond donors (Lipinski definition) is 2. The van der Waals surface area contributed by atoms with Crippen LogP contribution in [0.5, 0.6) is 0 Å². The third-order valence-electron chi connectivity index (χ3n) is 5.77. The summed E-state index contributed by atoms with van der Waals surface area (Å²) in [5.41, 5.74) is 3.37. The minimum Gasteiger partial charge on any atom is -0.307 e. The van der Waals surface area contributed by atoms with Gasteiger partial charge in [-0.15, -0.1) is 0 Å². The third-order valence-corrected chi connectivity index (χ3v) is 6.62. The van der Waals surface area contributed by atoms with E-state index in [9.17, 15) is 13.0 Å². The van der Waals surface area contributed by atoms with Crippen LogP contribution in [0.15, 0.2) is 53.4 Å². The van der Waals surface area contributed by atoms with Crippen LogP contribution in [0.25, 0.3) is 0 Å². The highest BCUT2D eigenvalue weighted by molar-refractivity contribution is 7.85. The Kier molecular flexibility index (Phi) is 6.35. The highest BCUT2D eigenvalue weighted by atomic mass is 32.2. The Balaban J connectivity index is 1.76. The van der Waals surface area contributed by atoms with E-state index in [1.165, 1.54) is 24.5 Å². The molecular weight excluding hydrogens is 358 g/mol. The molecule has 0 aromatic heterocycles. The second-order valence-corrected chi connectivity index (χ2v) is 9.14. The molecule has 2 N–H and O–H groups in total. The summed E-state index contributed by atoms with van der Waals surface area (Å²) in [6, 6.07) is 16.0. The molecule has 1 aliphatic carbocycles. The van der Waals surface area contributed by atoms with E-state index in [1.54, 1.807) is 12.1 Å². The van der Waals surface area contributed by atoms with Crippen molar-refractivity contribution in [3.8, 4) is 0 Å². The molecule has 4 nitrogen and oxygen atoms in total. The Labute approximate surface area is 162 Å². The second kappa shape index (κ2) is 8.55. The van der Waals surface area contributed by atoms with E-state index in [0.29, 0.717) is 12.0 Å². The highest BCUT2D eigenvalue weighted by Gasteiger charge is 2.27. The molecule has 3 atom stereocenters. The Morgan fingerprint density at radius 2 is 1.81 bits per heavy atom. The van der Waals surface area contributed by atoms with E-state index in [2.05, 4.69) is 36.5 Å². The largest absolute Gasteiger partial charge is 0.307 e. The molecular formula is C22H29NO3S. The molecule has 1 saturated carbocycles. The van der Waals surface area contributed by atoms with Crippen molar-refractivity contribution in [1.82, 2.24) is 5.32 Å². The quantitative estimate of drug-likeness (QED) is 0.706. The Morgan fingerprint density at radius 1 is 1.11 bits per heavy atom. The van der Waals surface area contributed by atoms with Crippen molar-refractivity contribution < 1.29 is 13.0 Å². The van der Waals surface area contributed by atoms with Gasteiger partial charge in [-0.3, -0.25) is 4.55 Å². The minimum atomic E-state index is -4.17. The van der Waals surface area contributed by atoms with Gasteiger partial charge in [0.25, 0.3) is 10.1 Å². The maximum atomic E-state index is 11.5. The van der Waals surface area contributed by atoms with Crippen LogP contribution < -0.4 is 5.32 Å². The van der Waals surface area contributed by atoms with Crippen LogP contribution in [0.3, 0.4) is 0 Å². The molecule has 0 amide bonds. The molecule has 3 rings (SSSR count). The lowest BCUT2D eigenvalue weighted by atomic mass is 9.79. The van der Waals surface area contributed by atoms with E-state index in [0.717, 1.165) is 30.4 Å². The van der Waals surface area contributed by atoms with Crippen molar-refractivity contribution in [2.24, 2.45) is 5.92 Å². The molecule has 0 radical (unpaired) electrons. The molecule has 5 heteroatoms. The highest BCUT2D eigenvalue weighted by Crippen LogP contribution is 2.31. The maximum Gasteiger partial charge on any atom is 0.294 e. The van der Waals surface area contributed by atoms with Gasteiger partial charge in [-0.05, 0) is 67.9 Å². The normalized spacial score (nSPS) is 21.7. The summed E-state index contributed by atoms with van der Waals surface area (Å²) in [4.78, 5) is -0.0129. The van der Waals surface area contributed by atoms with Gasteiger partial charge >= 0.3 is 0 Å². The second-order valence-electron chi connectivity index (χ2n) is 7.72. The molecule has 2 aromatic rings. The first-order chi connectivity index (χ1) is 12.8. The SMILES string of the molecule is Cc1ccc(S(=O)(=O)O)cc1C[C@H]1CCCC[C@H]1N[C@H](C)c1ccccc1. The van der Waals surface area contributed by atoms with Gasteiger partial charge in [0, 0.05) is 12.1 Å². The average molecular weight is 388 g/mol. The van der Waals surface area contributed by atoms with Crippen molar-refractivity contribution in [2.75, 3.05) is 0 Å². The van der Waals surface area contributed by atoms with Gasteiger partial charge in [0.2, 0.25) is 0 Å². The Hall–Kier alpha value is -1.69. The Bertz CT molecular complexity index is 864. The third kappa shape index (κ3) is 5.18. The van der Waals surface area contributed by atoms with E-state index >= 15 is 0 Å². The first-order valence-corrected chi connectivity index (χ1v) is 11.2. The zero-order valence-corrected chi connectivity index (χ0v) is 16.9. The molecule has 2 aromatic carbocycles. The maximum absolute atomic E-state index is 11.5.